The van der Waals surface area contributed by atoms with Gasteiger partial charge < -0.3 is 5.32 Å². The van der Waals surface area contributed by atoms with Crippen LogP contribution in [0, 0.1) is 0 Å². The normalized spacial score (nSPS) is 23.5. The smallest absolute Gasteiger partial charge is 0.181 e. The Labute approximate surface area is 90.0 Å². The average Bonchev–Trinajstić information content (AvgIpc) is 3.06. The van der Waals surface area contributed by atoms with Gasteiger partial charge in [0.25, 0.3) is 0 Å². The summed E-state index contributed by atoms with van der Waals surface area (Å²) in [6.45, 7) is 3.68. The minimum Gasteiger partial charge on any atom is -0.301 e. The molecule has 2 heteroatoms. The van der Waals surface area contributed by atoms with Crippen molar-refractivity contribution in [1.82, 2.24) is 5.32 Å². The summed E-state index contributed by atoms with van der Waals surface area (Å²) in [4.78, 5) is 11.9. The van der Waals surface area contributed by atoms with Gasteiger partial charge in [-0.25, -0.2) is 0 Å². The van der Waals surface area contributed by atoms with Gasteiger partial charge in [0, 0.05) is 11.6 Å². The molecule has 0 unspecified atom stereocenters. The van der Waals surface area contributed by atoms with Gasteiger partial charge in [0.15, 0.2) is 5.78 Å². The van der Waals surface area contributed by atoms with Crippen LogP contribution in [0.3, 0.4) is 0 Å². The average molecular weight is 201 g/mol. The first-order valence-corrected chi connectivity index (χ1v) is 5.29. The first kappa shape index (κ1) is 10.1. The van der Waals surface area contributed by atoms with E-state index in [2.05, 4.69) is 11.9 Å². The third-order valence-electron chi connectivity index (χ3n) is 2.71. The van der Waals surface area contributed by atoms with E-state index in [1.54, 1.807) is 0 Å². The van der Waals surface area contributed by atoms with Crippen LogP contribution in [0.5, 0.6) is 0 Å². The predicted octanol–water partition coefficient (Wildman–Crippen LogP) is 2.18. The Morgan fingerprint density at radius 3 is 2.80 bits per heavy atom. The molecule has 0 spiro atoms. The Balaban J connectivity index is 1.92. The summed E-state index contributed by atoms with van der Waals surface area (Å²) in [6, 6.07) is 9.84. The summed E-state index contributed by atoms with van der Waals surface area (Å²) < 4.78 is 0. The van der Waals surface area contributed by atoms with E-state index in [4.69, 9.17) is 0 Å². The molecule has 1 aliphatic rings. The second-order valence-corrected chi connectivity index (χ2v) is 3.85. The first-order valence-electron chi connectivity index (χ1n) is 5.29. The highest BCUT2D eigenvalue weighted by Crippen LogP contribution is 2.21. The maximum absolute atomic E-state index is 11.9. The van der Waals surface area contributed by atoms with Gasteiger partial charge in [-0.3, -0.25) is 4.79 Å². The van der Waals surface area contributed by atoms with Gasteiger partial charge in [-0.2, -0.15) is 0 Å². The van der Waals surface area contributed by atoms with Crippen molar-refractivity contribution < 1.29 is 4.79 Å². The number of allylic oxidation sites excluding steroid dienone is 1. The Bertz CT molecular complexity index is 358. The monoisotopic (exact) mass is 201 g/mol. The lowest BCUT2D eigenvalue weighted by Crippen LogP contribution is -2.11. The molecule has 1 heterocycles. The molecule has 0 radical (unpaired) electrons. The standard InChI is InChI=1S/C13H15NO/c1-2-3-9-11-12(14-11)13(15)10-7-5-4-6-8-10/h2,4-8,11-12,14H,1,3,9H2/t11-,12+/m1/s1. The molecule has 1 aliphatic heterocycles. The van der Waals surface area contributed by atoms with Crippen molar-refractivity contribution in [2.45, 2.75) is 24.9 Å². The number of rotatable bonds is 5. The lowest BCUT2D eigenvalue weighted by Gasteiger charge is -1.97. The van der Waals surface area contributed by atoms with Gasteiger partial charge >= 0.3 is 0 Å². The van der Waals surface area contributed by atoms with E-state index in [9.17, 15) is 4.79 Å². The number of carbonyl (C=O) groups excluding carboxylic acids is 1. The van der Waals surface area contributed by atoms with E-state index in [-0.39, 0.29) is 11.8 Å². The molecule has 1 fully saturated rings. The molecule has 78 valence electrons. The maximum Gasteiger partial charge on any atom is 0.181 e. The van der Waals surface area contributed by atoms with E-state index in [0.29, 0.717) is 6.04 Å². The van der Waals surface area contributed by atoms with Gasteiger partial charge in [-0.05, 0) is 12.8 Å². The third-order valence-corrected chi connectivity index (χ3v) is 2.71. The summed E-state index contributed by atoms with van der Waals surface area (Å²) in [5.41, 5.74) is 0.802. The lowest BCUT2D eigenvalue weighted by atomic mass is 10.0. The van der Waals surface area contributed by atoms with E-state index >= 15 is 0 Å². The minimum absolute atomic E-state index is 0.0346. The van der Waals surface area contributed by atoms with Gasteiger partial charge in [-0.15, -0.1) is 6.58 Å². The minimum atomic E-state index is 0.0346. The number of benzene rings is 1. The Kier molecular flexibility index (Phi) is 2.97. The maximum atomic E-state index is 11.9. The third kappa shape index (κ3) is 2.34. The van der Waals surface area contributed by atoms with Crippen LogP contribution in [-0.2, 0) is 0 Å². The van der Waals surface area contributed by atoms with Gasteiger partial charge in [0.05, 0.1) is 6.04 Å². The summed E-state index contributed by atoms with van der Waals surface area (Å²) in [6.07, 6.45) is 3.87. The molecule has 1 aromatic rings. The molecular weight excluding hydrogens is 186 g/mol. The SMILES string of the molecule is C=CCC[C@H]1N[C@@H]1C(=O)c1ccccc1. The molecule has 0 saturated carbocycles. The Morgan fingerprint density at radius 1 is 1.40 bits per heavy atom. The molecule has 2 atom stereocenters. The van der Waals surface area contributed by atoms with Crippen molar-refractivity contribution in [2.24, 2.45) is 0 Å². The van der Waals surface area contributed by atoms with Crippen molar-refractivity contribution in [1.29, 1.82) is 0 Å². The van der Waals surface area contributed by atoms with Crippen molar-refractivity contribution >= 4 is 5.78 Å². The zero-order valence-electron chi connectivity index (χ0n) is 8.65. The highest BCUT2D eigenvalue weighted by atomic mass is 16.1. The molecule has 2 nitrogen and oxygen atoms in total. The van der Waals surface area contributed by atoms with E-state index in [0.717, 1.165) is 18.4 Å². The number of ketones is 1. The summed E-state index contributed by atoms with van der Waals surface area (Å²) >= 11 is 0. The molecule has 15 heavy (non-hydrogen) atoms. The van der Waals surface area contributed by atoms with Crippen molar-refractivity contribution in [3.05, 3.63) is 48.6 Å². The van der Waals surface area contributed by atoms with E-state index in [1.165, 1.54) is 0 Å². The number of nitrogens with one attached hydrogen (secondary N) is 1. The van der Waals surface area contributed by atoms with Crippen molar-refractivity contribution in [3.8, 4) is 0 Å². The topological polar surface area (TPSA) is 39.0 Å². The highest BCUT2D eigenvalue weighted by molar-refractivity contribution is 6.02. The summed E-state index contributed by atoms with van der Waals surface area (Å²) in [7, 11) is 0. The molecule has 0 bridgehead atoms. The van der Waals surface area contributed by atoms with Crippen LogP contribution in [0.4, 0.5) is 0 Å². The fourth-order valence-corrected chi connectivity index (χ4v) is 1.76. The second-order valence-electron chi connectivity index (χ2n) is 3.85. The number of Topliss-reactive ketones (excluding diaryl/α,β-unsaturated/α-hetero) is 1. The van der Waals surface area contributed by atoms with Crippen LogP contribution in [0.2, 0.25) is 0 Å². The van der Waals surface area contributed by atoms with Crippen LogP contribution in [0.15, 0.2) is 43.0 Å². The molecule has 1 saturated heterocycles. The number of hydrogen-bond donors (Lipinski definition) is 1. The van der Waals surface area contributed by atoms with Crippen molar-refractivity contribution in [3.63, 3.8) is 0 Å². The first-order chi connectivity index (χ1) is 7.33. The Morgan fingerprint density at radius 2 is 2.13 bits per heavy atom. The molecular formula is C13H15NO. The molecule has 0 aromatic heterocycles. The fraction of sp³-hybridized carbons (Fsp3) is 0.308. The zero-order valence-corrected chi connectivity index (χ0v) is 8.65. The predicted molar refractivity (Wildman–Crippen MR) is 60.9 cm³/mol. The van der Waals surface area contributed by atoms with Crippen LogP contribution in [-0.4, -0.2) is 17.9 Å². The molecule has 1 N–H and O–H groups in total. The molecule has 1 aromatic carbocycles. The van der Waals surface area contributed by atoms with Gasteiger partial charge in [-0.1, -0.05) is 36.4 Å². The van der Waals surface area contributed by atoms with Crippen molar-refractivity contribution in [2.75, 3.05) is 0 Å². The summed E-state index contributed by atoms with van der Waals surface area (Å²) in [5.74, 6) is 0.213. The number of carbonyl (C=O) groups is 1. The molecule has 0 amide bonds. The summed E-state index contributed by atoms with van der Waals surface area (Å²) in [5, 5.41) is 3.20. The van der Waals surface area contributed by atoms with Gasteiger partial charge in [0.1, 0.15) is 0 Å². The zero-order chi connectivity index (χ0) is 10.7. The largest absolute Gasteiger partial charge is 0.301 e. The second kappa shape index (κ2) is 4.41. The Hall–Kier alpha value is -1.41. The molecule has 2 rings (SSSR count). The van der Waals surface area contributed by atoms with Crippen LogP contribution >= 0.6 is 0 Å². The molecule has 0 aliphatic carbocycles. The van der Waals surface area contributed by atoms with Crippen LogP contribution in [0.1, 0.15) is 23.2 Å². The van der Waals surface area contributed by atoms with Gasteiger partial charge in [0.2, 0.25) is 0 Å². The van der Waals surface area contributed by atoms with E-state index < -0.39 is 0 Å². The highest BCUT2D eigenvalue weighted by Gasteiger charge is 2.41. The van der Waals surface area contributed by atoms with Crippen LogP contribution < -0.4 is 5.32 Å². The lowest BCUT2D eigenvalue weighted by molar-refractivity contribution is 0.0988. The fourth-order valence-electron chi connectivity index (χ4n) is 1.76. The van der Waals surface area contributed by atoms with E-state index in [1.807, 2.05) is 36.4 Å². The van der Waals surface area contributed by atoms with Crippen LogP contribution in [0.25, 0.3) is 0 Å². The number of hydrogen-bond acceptors (Lipinski definition) is 2. The quantitative estimate of drug-likeness (QED) is 0.450.